The van der Waals surface area contributed by atoms with Crippen LogP contribution in [0.2, 0.25) is 0 Å². The lowest BCUT2D eigenvalue weighted by Gasteiger charge is -2.37. The van der Waals surface area contributed by atoms with Gasteiger partial charge in [-0.25, -0.2) is 0 Å². The van der Waals surface area contributed by atoms with E-state index in [0.717, 1.165) is 32.6 Å². The van der Waals surface area contributed by atoms with Gasteiger partial charge in [-0.05, 0) is 50.9 Å². The molecule has 3 rings (SSSR count). The first-order valence-corrected chi connectivity index (χ1v) is 8.94. The van der Waals surface area contributed by atoms with Gasteiger partial charge in [0.05, 0.1) is 18.7 Å². The average molecular weight is 343 g/mol. The molecule has 1 aromatic rings. The predicted octanol–water partition coefficient (Wildman–Crippen LogP) is 2.03. The molecule has 2 saturated heterocycles. The van der Waals surface area contributed by atoms with E-state index in [1.54, 1.807) is 18.2 Å². The molecule has 25 heavy (non-hydrogen) atoms. The minimum atomic E-state index is -0.00498. The van der Waals surface area contributed by atoms with Crippen LogP contribution in [-0.4, -0.2) is 61.6 Å². The van der Waals surface area contributed by atoms with E-state index in [1.807, 2.05) is 4.90 Å². The highest BCUT2D eigenvalue weighted by Gasteiger charge is 2.29. The quantitative estimate of drug-likeness (QED) is 0.818. The van der Waals surface area contributed by atoms with Crippen molar-refractivity contribution in [1.82, 2.24) is 9.80 Å². The van der Waals surface area contributed by atoms with Crippen LogP contribution in [0.3, 0.4) is 0 Å². The van der Waals surface area contributed by atoms with Crippen LogP contribution in [0.4, 0.5) is 0 Å². The number of piperidine rings is 1. The van der Waals surface area contributed by atoms with Crippen LogP contribution >= 0.6 is 0 Å². The standard InChI is InChI=1S/C19H25N3O3/c1-24-18-11-15(12-20)6-7-17(18)25-14-19(23)22-10-4-5-16(13-22)21-8-2-3-9-21/h6-7,11,16H,2-5,8-10,13-14H2,1H3. The molecule has 0 radical (unpaired) electrons. The van der Waals surface area contributed by atoms with E-state index in [0.29, 0.717) is 23.1 Å². The van der Waals surface area contributed by atoms with E-state index in [1.165, 1.54) is 26.4 Å². The van der Waals surface area contributed by atoms with Gasteiger partial charge in [-0.2, -0.15) is 5.26 Å². The SMILES string of the molecule is COc1cc(C#N)ccc1OCC(=O)N1CCCC(N2CCCC2)C1. The average Bonchev–Trinajstić information content (AvgIpc) is 3.21. The maximum Gasteiger partial charge on any atom is 0.260 e. The van der Waals surface area contributed by atoms with Crippen LogP contribution in [0, 0.1) is 11.3 Å². The number of nitriles is 1. The fourth-order valence-corrected chi connectivity index (χ4v) is 3.67. The van der Waals surface area contributed by atoms with Crippen LogP contribution < -0.4 is 9.47 Å². The van der Waals surface area contributed by atoms with Crippen molar-refractivity contribution in [1.29, 1.82) is 5.26 Å². The van der Waals surface area contributed by atoms with Crippen molar-refractivity contribution in [3.8, 4) is 17.6 Å². The second-order valence-electron chi connectivity index (χ2n) is 6.64. The van der Waals surface area contributed by atoms with Crippen LogP contribution in [0.15, 0.2) is 18.2 Å². The van der Waals surface area contributed by atoms with Gasteiger partial charge in [0.1, 0.15) is 0 Å². The summed E-state index contributed by atoms with van der Waals surface area (Å²) in [5.74, 6) is 0.971. The molecule has 2 aliphatic heterocycles. The predicted molar refractivity (Wildman–Crippen MR) is 93.6 cm³/mol. The molecule has 0 bridgehead atoms. The molecule has 1 amide bonds. The van der Waals surface area contributed by atoms with E-state index < -0.39 is 0 Å². The first-order valence-electron chi connectivity index (χ1n) is 8.94. The maximum atomic E-state index is 12.5. The summed E-state index contributed by atoms with van der Waals surface area (Å²) in [5.41, 5.74) is 0.500. The number of hydrogen-bond acceptors (Lipinski definition) is 5. The molecule has 0 aromatic heterocycles. The number of carbonyl (C=O) groups is 1. The third-order valence-corrected chi connectivity index (χ3v) is 5.05. The minimum Gasteiger partial charge on any atom is -0.493 e. The first kappa shape index (κ1) is 17.6. The van der Waals surface area contributed by atoms with Gasteiger partial charge in [0, 0.05) is 25.2 Å². The molecule has 134 valence electrons. The second kappa shape index (κ2) is 8.21. The number of carbonyl (C=O) groups excluding carboxylic acids is 1. The third kappa shape index (κ3) is 4.23. The van der Waals surface area contributed by atoms with Crippen LogP contribution in [0.1, 0.15) is 31.2 Å². The van der Waals surface area contributed by atoms with E-state index in [9.17, 15) is 4.79 Å². The normalized spacial score (nSPS) is 21.0. The zero-order valence-electron chi connectivity index (χ0n) is 14.7. The highest BCUT2D eigenvalue weighted by Crippen LogP contribution is 2.28. The van der Waals surface area contributed by atoms with Gasteiger partial charge in [0.2, 0.25) is 0 Å². The Morgan fingerprint density at radius 1 is 1.24 bits per heavy atom. The van der Waals surface area contributed by atoms with Crippen molar-refractivity contribution in [2.45, 2.75) is 31.7 Å². The van der Waals surface area contributed by atoms with Crippen molar-refractivity contribution in [2.75, 3.05) is 39.9 Å². The van der Waals surface area contributed by atoms with Crippen molar-refractivity contribution in [2.24, 2.45) is 0 Å². The van der Waals surface area contributed by atoms with Crippen LogP contribution in [0.25, 0.3) is 0 Å². The van der Waals surface area contributed by atoms with E-state index in [-0.39, 0.29) is 12.5 Å². The minimum absolute atomic E-state index is 0.00498. The van der Waals surface area contributed by atoms with E-state index in [4.69, 9.17) is 14.7 Å². The molecular weight excluding hydrogens is 318 g/mol. The Morgan fingerprint density at radius 3 is 2.76 bits per heavy atom. The Morgan fingerprint density at radius 2 is 2.04 bits per heavy atom. The number of benzene rings is 1. The third-order valence-electron chi connectivity index (χ3n) is 5.05. The molecule has 0 aliphatic carbocycles. The zero-order chi connectivity index (χ0) is 17.6. The van der Waals surface area contributed by atoms with Crippen LogP contribution in [-0.2, 0) is 4.79 Å². The highest BCUT2D eigenvalue weighted by molar-refractivity contribution is 5.78. The van der Waals surface area contributed by atoms with E-state index in [2.05, 4.69) is 11.0 Å². The van der Waals surface area contributed by atoms with Gasteiger partial charge in [0.25, 0.3) is 5.91 Å². The molecule has 2 heterocycles. The molecule has 0 saturated carbocycles. The van der Waals surface area contributed by atoms with Crippen molar-refractivity contribution < 1.29 is 14.3 Å². The fourth-order valence-electron chi connectivity index (χ4n) is 3.67. The molecule has 6 nitrogen and oxygen atoms in total. The summed E-state index contributed by atoms with van der Waals surface area (Å²) in [6, 6.07) is 7.50. The van der Waals surface area contributed by atoms with Crippen LogP contribution in [0.5, 0.6) is 11.5 Å². The molecule has 1 atom stereocenters. The van der Waals surface area contributed by atoms with Gasteiger partial charge < -0.3 is 14.4 Å². The lowest BCUT2D eigenvalue weighted by Crippen LogP contribution is -2.50. The Labute approximate surface area is 148 Å². The molecular formula is C19H25N3O3. The fraction of sp³-hybridized carbons (Fsp3) is 0.579. The largest absolute Gasteiger partial charge is 0.493 e. The topological polar surface area (TPSA) is 65.8 Å². The van der Waals surface area contributed by atoms with Crippen molar-refractivity contribution in [3.05, 3.63) is 23.8 Å². The smallest absolute Gasteiger partial charge is 0.260 e. The van der Waals surface area contributed by atoms with Gasteiger partial charge in [-0.1, -0.05) is 0 Å². The number of ether oxygens (including phenoxy) is 2. The molecule has 1 aromatic carbocycles. The van der Waals surface area contributed by atoms with Gasteiger partial charge in [-0.3, -0.25) is 9.69 Å². The monoisotopic (exact) mass is 343 g/mol. The number of amides is 1. The Bertz CT molecular complexity index is 650. The molecule has 0 N–H and O–H groups in total. The molecule has 6 heteroatoms. The number of nitrogens with zero attached hydrogens (tertiary/aromatic N) is 3. The number of likely N-dealkylation sites (tertiary alicyclic amines) is 2. The second-order valence-corrected chi connectivity index (χ2v) is 6.64. The zero-order valence-corrected chi connectivity index (χ0v) is 14.7. The Hall–Kier alpha value is -2.26. The summed E-state index contributed by atoms with van der Waals surface area (Å²) in [6.07, 6.45) is 4.76. The summed E-state index contributed by atoms with van der Waals surface area (Å²) in [7, 11) is 1.52. The number of methoxy groups -OCH3 is 1. The van der Waals surface area contributed by atoms with Gasteiger partial charge in [-0.15, -0.1) is 0 Å². The summed E-state index contributed by atoms with van der Waals surface area (Å²) in [6.45, 7) is 3.91. The van der Waals surface area contributed by atoms with E-state index >= 15 is 0 Å². The lowest BCUT2D eigenvalue weighted by molar-refractivity contribution is -0.135. The molecule has 2 aliphatic rings. The molecule has 1 unspecified atom stereocenters. The Kier molecular flexibility index (Phi) is 5.77. The highest BCUT2D eigenvalue weighted by atomic mass is 16.5. The number of hydrogen-bond donors (Lipinski definition) is 0. The van der Waals surface area contributed by atoms with Crippen molar-refractivity contribution in [3.63, 3.8) is 0 Å². The van der Waals surface area contributed by atoms with Crippen molar-refractivity contribution >= 4 is 5.91 Å². The summed E-state index contributed by atoms with van der Waals surface area (Å²) in [5, 5.41) is 8.94. The first-order chi connectivity index (χ1) is 12.2. The van der Waals surface area contributed by atoms with Gasteiger partial charge >= 0.3 is 0 Å². The Balaban J connectivity index is 1.56. The summed E-state index contributed by atoms with van der Waals surface area (Å²) in [4.78, 5) is 17.0. The summed E-state index contributed by atoms with van der Waals surface area (Å²) >= 11 is 0. The van der Waals surface area contributed by atoms with Gasteiger partial charge in [0.15, 0.2) is 18.1 Å². The molecule has 0 spiro atoms. The molecule has 2 fully saturated rings. The summed E-state index contributed by atoms with van der Waals surface area (Å²) < 4.78 is 10.9. The number of rotatable bonds is 5. The maximum absolute atomic E-state index is 12.5. The lowest BCUT2D eigenvalue weighted by atomic mass is 10.0.